The van der Waals surface area contributed by atoms with Gasteiger partial charge in [0.2, 0.25) is 0 Å². The maximum absolute atomic E-state index is 12.8. The lowest BCUT2D eigenvalue weighted by atomic mass is 9.86. The number of rotatable bonds is 4. The third-order valence-electron chi connectivity index (χ3n) is 6.80. The van der Waals surface area contributed by atoms with Crippen molar-refractivity contribution in [1.29, 1.82) is 0 Å². The molecule has 0 spiro atoms. The highest BCUT2D eigenvalue weighted by Crippen LogP contribution is 2.43. The molecule has 2 fully saturated rings. The molecule has 5 rings (SSSR count). The molecule has 2 aliphatic heterocycles. The molecule has 2 aliphatic rings. The number of nitrogens with zero attached hydrogens (tertiary/aromatic N) is 4. The summed E-state index contributed by atoms with van der Waals surface area (Å²) >= 11 is 0. The first kappa shape index (κ1) is 22.5. The molecule has 2 unspecified atom stereocenters. The van der Waals surface area contributed by atoms with Crippen molar-refractivity contribution >= 4 is 11.7 Å². The second-order valence-electron chi connectivity index (χ2n) is 10.2. The van der Waals surface area contributed by atoms with Gasteiger partial charge >= 0.3 is 6.09 Å². The number of methoxy groups -OCH3 is 2. The molecule has 0 N–H and O–H groups in total. The zero-order chi connectivity index (χ0) is 24.0. The average molecular weight is 465 g/mol. The lowest BCUT2D eigenvalue weighted by Crippen LogP contribution is -2.48. The van der Waals surface area contributed by atoms with Crippen LogP contribution in [0.25, 0.3) is 17.0 Å². The lowest BCUT2D eigenvalue weighted by Gasteiger charge is -2.39. The van der Waals surface area contributed by atoms with Crippen LogP contribution >= 0.6 is 0 Å². The molecule has 34 heavy (non-hydrogen) atoms. The smallest absolute Gasteiger partial charge is 0.410 e. The molecule has 3 aromatic rings. The number of carbonyl (C=O) groups is 1. The van der Waals surface area contributed by atoms with E-state index in [0.717, 1.165) is 36.9 Å². The van der Waals surface area contributed by atoms with Gasteiger partial charge in [-0.1, -0.05) is 6.07 Å². The van der Waals surface area contributed by atoms with Gasteiger partial charge in [0.05, 0.1) is 14.2 Å². The number of piperidine rings is 1. The van der Waals surface area contributed by atoms with Crippen LogP contribution in [0.1, 0.15) is 57.9 Å². The molecular weight excluding hydrogens is 432 g/mol. The summed E-state index contributed by atoms with van der Waals surface area (Å²) in [5.74, 6) is 2.34. The Morgan fingerprint density at radius 3 is 2.35 bits per heavy atom. The third kappa shape index (κ3) is 4.17. The van der Waals surface area contributed by atoms with Crippen LogP contribution in [-0.4, -0.2) is 57.5 Å². The number of aromatic nitrogens is 3. The molecule has 0 aliphatic carbocycles. The molecule has 180 valence electrons. The molecule has 0 radical (unpaired) electrons. The summed E-state index contributed by atoms with van der Waals surface area (Å²) in [7, 11) is 3.23. The van der Waals surface area contributed by atoms with E-state index in [-0.39, 0.29) is 18.2 Å². The number of fused-ring (bicyclic) bond motifs is 3. The van der Waals surface area contributed by atoms with Crippen molar-refractivity contribution in [2.75, 3.05) is 14.2 Å². The van der Waals surface area contributed by atoms with Crippen molar-refractivity contribution < 1.29 is 19.0 Å². The highest BCUT2D eigenvalue weighted by atomic mass is 16.6. The minimum absolute atomic E-state index is 0.176. The lowest BCUT2D eigenvalue weighted by molar-refractivity contribution is 0.00583. The number of ether oxygens (including phenoxy) is 3. The maximum Gasteiger partial charge on any atom is 0.410 e. The minimum atomic E-state index is -0.475. The molecule has 2 bridgehead atoms. The molecule has 2 saturated heterocycles. The molecular formula is C26H32N4O4. The number of hydrogen-bond acceptors (Lipinski definition) is 6. The molecule has 1 aromatic carbocycles. The normalized spacial score (nSPS) is 22.1. The fraction of sp³-hybridized carbons (Fsp3) is 0.500. The summed E-state index contributed by atoms with van der Waals surface area (Å²) in [6.45, 7) is 5.76. The van der Waals surface area contributed by atoms with Gasteiger partial charge in [-0.25, -0.2) is 14.3 Å². The van der Waals surface area contributed by atoms with Crippen molar-refractivity contribution in [3.05, 3.63) is 42.1 Å². The van der Waals surface area contributed by atoms with Crippen molar-refractivity contribution in [3.63, 3.8) is 0 Å². The predicted molar refractivity (Wildman–Crippen MR) is 128 cm³/mol. The van der Waals surface area contributed by atoms with Gasteiger partial charge in [0.1, 0.15) is 5.60 Å². The summed E-state index contributed by atoms with van der Waals surface area (Å²) in [5, 5.41) is 4.73. The van der Waals surface area contributed by atoms with Crippen LogP contribution < -0.4 is 9.47 Å². The molecule has 2 atom stereocenters. The number of pyridine rings is 1. The second kappa shape index (κ2) is 8.49. The van der Waals surface area contributed by atoms with Gasteiger partial charge in [-0.05, 0) is 82.2 Å². The Morgan fingerprint density at radius 1 is 1.00 bits per heavy atom. The van der Waals surface area contributed by atoms with E-state index in [0.29, 0.717) is 23.2 Å². The largest absolute Gasteiger partial charge is 0.493 e. The molecule has 8 heteroatoms. The van der Waals surface area contributed by atoms with Crippen LogP contribution in [-0.2, 0) is 4.74 Å². The minimum Gasteiger partial charge on any atom is -0.493 e. The topological polar surface area (TPSA) is 78.2 Å². The first-order valence-electron chi connectivity index (χ1n) is 11.9. The highest BCUT2D eigenvalue weighted by Gasteiger charge is 2.45. The van der Waals surface area contributed by atoms with Crippen LogP contribution in [0.4, 0.5) is 4.79 Å². The Bertz CT molecular complexity index is 1200. The molecule has 8 nitrogen and oxygen atoms in total. The second-order valence-corrected chi connectivity index (χ2v) is 10.2. The number of benzene rings is 1. The maximum atomic E-state index is 12.8. The number of amides is 1. The SMILES string of the molecule is COc1ccc(-c2nc3ccc(C4CC5CCC(C4)N5C(=O)OC(C)(C)C)cn3n2)cc1OC. The zero-order valence-corrected chi connectivity index (χ0v) is 20.4. The fourth-order valence-electron chi connectivity index (χ4n) is 5.30. The predicted octanol–water partition coefficient (Wildman–Crippen LogP) is 5.06. The van der Waals surface area contributed by atoms with Crippen molar-refractivity contribution in [1.82, 2.24) is 19.5 Å². The van der Waals surface area contributed by atoms with Gasteiger partial charge < -0.3 is 19.1 Å². The Morgan fingerprint density at radius 2 is 1.71 bits per heavy atom. The average Bonchev–Trinajstić information content (AvgIpc) is 3.35. The van der Waals surface area contributed by atoms with E-state index in [4.69, 9.17) is 24.3 Å². The first-order valence-corrected chi connectivity index (χ1v) is 11.9. The Kier molecular flexibility index (Phi) is 5.62. The van der Waals surface area contributed by atoms with Gasteiger partial charge in [-0.3, -0.25) is 0 Å². The van der Waals surface area contributed by atoms with Gasteiger partial charge in [0, 0.05) is 23.8 Å². The molecule has 0 saturated carbocycles. The number of hydrogen-bond donors (Lipinski definition) is 0. The van der Waals surface area contributed by atoms with Gasteiger partial charge in [0.25, 0.3) is 0 Å². The van der Waals surface area contributed by atoms with E-state index in [2.05, 4.69) is 12.3 Å². The van der Waals surface area contributed by atoms with Gasteiger partial charge in [-0.2, -0.15) is 0 Å². The quantitative estimate of drug-likeness (QED) is 0.537. The molecule has 4 heterocycles. The van der Waals surface area contributed by atoms with E-state index in [9.17, 15) is 4.79 Å². The Labute approximate surface area is 199 Å². The third-order valence-corrected chi connectivity index (χ3v) is 6.80. The van der Waals surface area contributed by atoms with E-state index >= 15 is 0 Å². The molecule has 1 amide bonds. The van der Waals surface area contributed by atoms with Crippen LogP contribution in [0.3, 0.4) is 0 Å². The summed E-state index contributed by atoms with van der Waals surface area (Å²) in [6, 6.07) is 10.3. The highest BCUT2D eigenvalue weighted by molar-refractivity contribution is 5.70. The van der Waals surface area contributed by atoms with E-state index in [1.54, 1.807) is 14.2 Å². The van der Waals surface area contributed by atoms with Crippen LogP contribution in [0.2, 0.25) is 0 Å². The zero-order valence-electron chi connectivity index (χ0n) is 20.4. The van der Waals surface area contributed by atoms with E-state index in [1.165, 1.54) is 5.56 Å². The fourth-order valence-corrected chi connectivity index (χ4v) is 5.30. The van der Waals surface area contributed by atoms with Gasteiger partial charge in [0.15, 0.2) is 23.0 Å². The first-order chi connectivity index (χ1) is 16.3. The Hall–Kier alpha value is -3.29. The summed E-state index contributed by atoms with van der Waals surface area (Å²) < 4.78 is 18.3. The van der Waals surface area contributed by atoms with Gasteiger partial charge in [-0.15, -0.1) is 5.10 Å². The summed E-state index contributed by atoms with van der Waals surface area (Å²) in [4.78, 5) is 19.5. The monoisotopic (exact) mass is 464 g/mol. The van der Waals surface area contributed by atoms with E-state index in [1.807, 2.05) is 54.5 Å². The van der Waals surface area contributed by atoms with Crippen molar-refractivity contribution in [3.8, 4) is 22.9 Å². The summed E-state index contributed by atoms with van der Waals surface area (Å²) in [6.07, 6.45) is 5.87. The summed E-state index contributed by atoms with van der Waals surface area (Å²) in [5.41, 5.74) is 2.42. The van der Waals surface area contributed by atoms with Crippen LogP contribution in [0.15, 0.2) is 36.5 Å². The van der Waals surface area contributed by atoms with Crippen molar-refractivity contribution in [2.45, 2.75) is 70.1 Å². The van der Waals surface area contributed by atoms with E-state index < -0.39 is 5.60 Å². The molecule has 2 aromatic heterocycles. The van der Waals surface area contributed by atoms with Crippen LogP contribution in [0.5, 0.6) is 11.5 Å². The number of carbonyl (C=O) groups excluding carboxylic acids is 1. The Balaban J connectivity index is 1.37. The van der Waals surface area contributed by atoms with Crippen molar-refractivity contribution in [2.24, 2.45) is 0 Å². The van der Waals surface area contributed by atoms with Crippen LogP contribution in [0, 0.1) is 0 Å². The standard InChI is InChI=1S/C26H32N4O4/c1-26(2,3)34-25(31)30-19-8-9-20(30)13-18(12-19)17-7-11-23-27-24(28-29(23)15-17)16-6-10-21(32-4)22(14-16)33-5/h6-7,10-11,14-15,18-20H,8-9,12-13H2,1-5H3.